The van der Waals surface area contributed by atoms with Crippen molar-refractivity contribution in [2.45, 2.75) is 12.3 Å². The second kappa shape index (κ2) is 5.29. The Morgan fingerprint density at radius 2 is 2.22 bits per heavy atom. The Labute approximate surface area is 109 Å². The third kappa shape index (κ3) is 2.52. The number of hydrogen-bond donors (Lipinski definition) is 1. The summed E-state index contributed by atoms with van der Waals surface area (Å²) in [5.74, 6) is 2.43. The van der Waals surface area contributed by atoms with Gasteiger partial charge in [0.2, 0.25) is 0 Å². The van der Waals surface area contributed by atoms with Crippen molar-refractivity contribution in [1.82, 2.24) is 10.2 Å². The van der Waals surface area contributed by atoms with E-state index in [1.54, 1.807) is 0 Å². The summed E-state index contributed by atoms with van der Waals surface area (Å²) in [6.07, 6.45) is 1.33. The number of rotatable bonds is 4. The van der Waals surface area contributed by atoms with Gasteiger partial charge in [-0.05, 0) is 38.5 Å². The fraction of sp³-hybridized carbons (Fsp3) is 0.600. The molecule has 18 heavy (non-hydrogen) atoms. The average molecular weight is 246 g/mol. The zero-order valence-corrected chi connectivity index (χ0v) is 11.1. The van der Waals surface area contributed by atoms with Crippen molar-refractivity contribution in [2.75, 3.05) is 39.8 Å². The zero-order valence-electron chi connectivity index (χ0n) is 11.1. The number of nitrogens with one attached hydrogen (secondary N) is 1. The maximum atomic E-state index is 5.70. The minimum Gasteiger partial charge on any atom is -0.493 e. The van der Waals surface area contributed by atoms with E-state index in [9.17, 15) is 0 Å². The molecule has 3 rings (SSSR count). The molecule has 98 valence electrons. The van der Waals surface area contributed by atoms with Crippen LogP contribution in [0.2, 0.25) is 0 Å². The molecule has 2 unspecified atom stereocenters. The molecule has 1 aromatic rings. The summed E-state index contributed by atoms with van der Waals surface area (Å²) < 4.78 is 5.70. The summed E-state index contributed by atoms with van der Waals surface area (Å²) in [4.78, 5) is 2.42. The molecule has 3 heteroatoms. The predicted octanol–water partition coefficient (Wildman–Crippen LogP) is 1.70. The Balaban J connectivity index is 1.47. The van der Waals surface area contributed by atoms with E-state index in [1.807, 2.05) is 6.07 Å². The Kier molecular flexibility index (Phi) is 3.52. The number of ether oxygens (including phenoxy) is 1. The first-order valence-electron chi connectivity index (χ1n) is 6.94. The van der Waals surface area contributed by atoms with Crippen molar-refractivity contribution in [3.05, 3.63) is 29.8 Å². The van der Waals surface area contributed by atoms with Gasteiger partial charge in [0.05, 0.1) is 6.61 Å². The first-order chi connectivity index (χ1) is 8.83. The Morgan fingerprint density at radius 3 is 3.06 bits per heavy atom. The van der Waals surface area contributed by atoms with E-state index >= 15 is 0 Å². The van der Waals surface area contributed by atoms with E-state index in [0.29, 0.717) is 5.92 Å². The van der Waals surface area contributed by atoms with E-state index in [2.05, 4.69) is 35.5 Å². The smallest absolute Gasteiger partial charge is 0.122 e. The first-order valence-corrected chi connectivity index (χ1v) is 6.94. The van der Waals surface area contributed by atoms with Crippen LogP contribution in [0.4, 0.5) is 0 Å². The van der Waals surface area contributed by atoms with Crippen LogP contribution in [0.25, 0.3) is 0 Å². The van der Waals surface area contributed by atoms with Crippen molar-refractivity contribution in [2.24, 2.45) is 5.92 Å². The molecule has 3 nitrogen and oxygen atoms in total. The van der Waals surface area contributed by atoms with Gasteiger partial charge in [-0.1, -0.05) is 18.2 Å². The highest BCUT2D eigenvalue weighted by Crippen LogP contribution is 2.32. The minimum absolute atomic E-state index is 0.528. The molecule has 0 amide bonds. The number of fused-ring (bicyclic) bond motifs is 1. The van der Waals surface area contributed by atoms with Crippen LogP contribution in [0.3, 0.4) is 0 Å². The lowest BCUT2D eigenvalue weighted by molar-refractivity contribution is 0.323. The lowest BCUT2D eigenvalue weighted by atomic mass is 10.0. The maximum Gasteiger partial charge on any atom is 0.122 e. The van der Waals surface area contributed by atoms with Gasteiger partial charge < -0.3 is 15.0 Å². The third-order valence-electron chi connectivity index (χ3n) is 4.11. The van der Waals surface area contributed by atoms with Crippen LogP contribution in [-0.2, 0) is 0 Å². The molecule has 2 aliphatic heterocycles. The molecule has 2 heterocycles. The molecule has 1 fully saturated rings. The SMILES string of the molecule is CN1CCC(CNCC2COc3ccccc32)C1. The van der Waals surface area contributed by atoms with Crippen LogP contribution in [0.5, 0.6) is 5.75 Å². The van der Waals surface area contributed by atoms with E-state index in [4.69, 9.17) is 4.74 Å². The van der Waals surface area contributed by atoms with Crippen LogP contribution >= 0.6 is 0 Å². The topological polar surface area (TPSA) is 24.5 Å². The second-order valence-electron chi connectivity index (χ2n) is 5.62. The van der Waals surface area contributed by atoms with Crippen molar-refractivity contribution in [3.8, 4) is 5.75 Å². The Bertz CT molecular complexity index is 407. The molecule has 0 aliphatic carbocycles. The van der Waals surface area contributed by atoms with Crippen molar-refractivity contribution < 1.29 is 4.74 Å². The Morgan fingerprint density at radius 1 is 1.33 bits per heavy atom. The lowest BCUT2D eigenvalue weighted by Gasteiger charge is -2.14. The third-order valence-corrected chi connectivity index (χ3v) is 4.11. The molecule has 0 saturated carbocycles. The zero-order chi connectivity index (χ0) is 12.4. The summed E-state index contributed by atoms with van der Waals surface area (Å²) in [7, 11) is 2.21. The van der Waals surface area contributed by atoms with E-state index in [1.165, 1.54) is 25.1 Å². The molecule has 0 radical (unpaired) electrons. The summed E-state index contributed by atoms with van der Waals surface area (Å²) in [5.41, 5.74) is 1.37. The lowest BCUT2D eigenvalue weighted by Crippen LogP contribution is -2.29. The van der Waals surface area contributed by atoms with E-state index < -0.39 is 0 Å². The highest BCUT2D eigenvalue weighted by molar-refractivity contribution is 5.39. The summed E-state index contributed by atoms with van der Waals surface area (Å²) in [5, 5.41) is 3.62. The molecule has 1 saturated heterocycles. The fourth-order valence-corrected chi connectivity index (χ4v) is 3.05. The first kappa shape index (κ1) is 12.0. The highest BCUT2D eigenvalue weighted by Gasteiger charge is 2.24. The van der Waals surface area contributed by atoms with Crippen LogP contribution in [0.1, 0.15) is 17.9 Å². The molecule has 1 N–H and O–H groups in total. The summed E-state index contributed by atoms with van der Waals surface area (Å²) >= 11 is 0. The summed E-state index contributed by atoms with van der Waals surface area (Å²) in [6.45, 7) is 5.50. The molecular weight excluding hydrogens is 224 g/mol. The molecule has 1 aromatic carbocycles. The molecule has 0 aromatic heterocycles. The molecule has 0 bridgehead atoms. The number of para-hydroxylation sites is 1. The van der Waals surface area contributed by atoms with E-state index in [0.717, 1.165) is 31.4 Å². The quantitative estimate of drug-likeness (QED) is 0.875. The fourth-order valence-electron chi connectivity index (χ4n) is 3.05. The monoisotopic (exact) mass is 246 g/mol. The van der Waals surface area contributed by atoms with Crippen molar-refractivity contribution in [1.29, 1.82) is 0 Å². The van der Waals surface area contributed by atoms with Gasteiger partial charge >= 0.3 is 0 Å². The predicted molar refractivity (Wildman–Crippen MR) is 73.2 cm³/mol. The van der Waals surface area contributed by atoms with Gasteiger partial charge in [0.25, 0.3) is 0 Å². The van der Waals surface area contributed by atoms with Gasteiger partial charge in [0.1, 0.15) is 5.75 Å². The average Bonchev–Trinajstić information content (AvgIpc) is 2.97. The van der Waals surface area contributed by atoms with Gasteiger partial charge in [0.15, 0.2) is 0 Å². The van der Waals surface area contributed by atoms with E-state index in [-0.39, 0.29) is 0 Å². The van der Waals surface area contributed by atoms with Crippen LogP contribution in [0.15, 0.2) is 24.3 Å². The molecule has 2 atom stereocenters. The standard InChI is InChI=1S/C15H22N2O/c1-17-7-6-12(10-17)8-16-9-13-11-18-15-5-3-2-4-14(13)15/h2-5,12-13,16H,6-11H2,1H3. The van der Waals surface area contributed by atoms with Gasteiger partial charge in [-0.2, -0.15) is 0 Å². The molecular formula is C15H22N2O. The maximum absolute atomic E-state index is 5.70. The number of nitrogens with zero attached hydrogens (tertiary/aromatic N) is 1. The van der Waals surface area contributed by atoms with Crippen molar-refractivity contribution in [3.63, 3.8) is 0 Å². The molecule has 0 spiro atoms. The number of hydrogen-bond acceptors (Lipinski definition) is 3. The Hall–Kier alpha value is -1.06. The normalized spacial score (nSPS) is 27.2. The highest BCUT2D eigenvalue weighted by atomic mass is 16.5. The second-order valence-corrected chi connectivity index (χ2v) is 5.62. The number of likely N-dealkylation sites (tertiary alicyclic amines) is 1. The van der Waals surface area contributed by atoms with Crippen LogP contribution in [0, 0.1) is 5.92 Å². The molecule has 2 aliphatic rings. The van der Waals surface area contributed by atoms with Crippen molar-refractivity contribution >= 4 is 0 Å². The van der Waals surface area contributed by atoms with Gasteiger partial charge in [-0.25, -0.2) is 0 Å². The van der Waals surface area contributed by atoms with Crippen LogP contribution in [-0.4, -0.2) is 44.7 Å². The van der Waals surface area contributed by atoms with Gasteiger partial charge in [-0.15, -0.1) is 0 Å². The largest absolute Gasteiger partial charge is 0.493 e. The van der Waals surface area contributed by atoms with Gasteiger partial charge in [0, 0.05) is 24.6 Å². The number of benzene rings is 1. The summed E-state index contributed by atoms with van der Waals surface area (Å²) in [6, 6.07) is 8.41. The minimum atomic E-state index is 0.528. The van der Waals surface area contributed by atoms with Crippen LogP contribution < -0.4 is 10.1 Å². The van der Waals surface area contributed by atoms with Gasteiger partial charge in [-0.3, -0.25) is 0 Å².